The van der Waals surface area contributed by atoms with Gasteiger partial charge in [0.1, 0.15) is 0 Å². The van der Waals surface area contributed by atoms with Crippen LogP contribution in [0, 0.1) is 23.7 Å². The Morgan fingerprint density at radius 1 is 0.647 bits per heavy atom. The number of hydrogen-bond acceptors (Lipinski definition) is 6. The number of amides is 2. The summed E-state index contributed by atoms with van der Waals surface area (Å²) in [4.78, 5) is 21.2. The molecule has 0 aromatic carbocycles. The third-order valence-corrected chi connectivity index (χ3v) is 3.81. The molecule has 4 N–H and O–H groups in total. The van der Waals surface area contributed by atoms with E-state index in [1.807, 2.05) is 0 Å². The van der Waals surface area contributed by atoms with Crippen LogP contribution in [0.15, 0.2) is 0 Å². The van der Waals surface area contributed by atoms with E-state index >= 15 is 0 Å². The zero-order valence-electron chi connectivity index (χ0n) is 21.8. The average Bonchev–Trinajstić information content (AvgIpc) is 2.82. The average molecular weight is 485 g/mol. The highest BCUT2D eigenvalue weighted by molar-refractivity contribution is 5.67. The van der Waals surface area contributed by atoms with Crippen LogP contribution in [0.25, 0.3) is 0 Å². The van der Waals surface area contributed by atoms with Gasteiger partial charge in [0.2, 0.25) is 0 Å². The van der Waals surface area contributed by atoms with E-state index in [2.05, 4.69) is 57.6 Å². The third-order valence-electron chi connectivity index (χ3n) is 3.81. The van der Waals surface area contributed by atoms with Crippen molar-refractivity contribution < 1.29 is 29.3 Å². The predicted molar refractivity (Wildman–Crippen MR) is 137 cm³/mol. The highest BCUT2D eigenvalue weighted by Crippen LogP contribution is 1.92. The van der Waals surface area contributed by atoms with Crippen molar-refractivity contribution in [3.8, 4) is 23.7 Å². The third kappa shape index (κ3) is 40.0. The lowest BCUT2D eigenvalue weighted by molar-refractivity contribution is 0.151. The monoisotopic (exact) mass is 484 g/mol. The van der Waals surface area contributed by atoms with Gasteiger partial charge in [-0.25, -0.2) is 9.59 Å². The fourth-order valence-electron chi connectivity index (χ4n) is 1.96. The number of aliphatic hydroxyl groups excluding tert-OH is 2. The Bertz CT molecular complexity index is 511. The van der Waals surface area contributed by atoms with Crippen LogP contribution in [0.1, 0.15) is 91.9 Å². The Balaban J connectivity index is -0.000000434. The van der Waals surface area contributed by atoms with Crippen molar-refractivity contribution in [1.82, 2.24) is 10.6 Å². The van der Waals surface area contributed by atoms with E-state index in [4.69, 9.17) is 10.2 Å². The fourth-order valence-corrected chi connectivity index (χ4v) is 1.96. The second kappa shape index (κ2) is 35.2. The lowest BCUT2D eigenvalue weighted by Crippen LogP contribution is -2.24. The summed E-state index contributed by atoms with van der Waals surface area (Å²) in [6, 6.07) is 0. The predicted octanol–water partition coefficient (Wildman–Crippen LogP) is 4.38. The van der Waals surface area contributed by atoms with Crippen molar-refractivity contribution in [3.05, 3.63) is 0 Å². The second-order valence-corrected chi connectivity index (χ2v) is 6.97. The van der Waals surface area contributed by atoms with Gasteiger partial charge in [-0.05, 0) is 64.2 Å². The number of ether oxygens (including phenoxy) is 2. The molecule has 8 nitrogen and oxygen atoms in total. The first-order valence-electron chi connectivity index (χ1n) is 12.5. The second-order valence-electron chi connectivity index (χ2n) is 6.97. The quantitative estimate of drug-likeness (QED) is 0.215. The molecule has 0 aromatic rings. The van der Waals surface area contributed by atoms with E-state index in [1.165, 1.54) is 0 Å². The van der Waals surface area contributed by atoms with Gasteiger partial charge in [0.05, 0.1) is 13.2 Å². The number of carbonyl (C=O) groups excluding carboxylic acids is 2. The molecule has 8 heteroatoms. The van der Waals surface area contributed by atoms with E-state index in [-0.39, 0.29) is 25.4 Å². The Labute approximate surface area is 207 Å². The molecule has 0 saturated carbocycles. The van der Waals surface area contributed by atoms with Crippen LogP contribution in [0.4, 0.5) is 9.59 Å². The van der Waals surface area contributed by atoms with Gasteiger partial charge in [0.25, 0.3) is 0 Å². The molecule has 198 valence electrons. The van der Waals surface area contributed by atoms with Gasteiger partial charge in [-0.1, -0.05) is 38.5 Å². The lowest BCUT2D eigenvalue weighted by Gasteiger charge is -2.02. The van der Waals surface area contributed by atoms with Gasteiger partial charge >= 0.3 is 12.2 Å². The maximum Gasteiger partial charge on any atom is 0.407 e. The normalized spacial score (nSPS) is 8.76. The Morgan fingerprint density at radius 3 is 1.32 bits per heavy atom. The van der Waals surface area contributed by atoms with E-state index < -0.39 is 0 Å². The number of unbranched alkanes of at least 4 members (excludes halogenated alkanes) is 6. The molecule has 0 aliphatic carbocycles. The summed E-state index contributed by atoms with van der Waals surface area (Å²) in [5, 5.41) is 22.2. The standard InChI is InChI=1S/C12H18O2.2C7H15NO2/c13-11-9-7-5-3-1-2-4-6-8-10-12-14;2*1-3-5-6-8-7(9)10-4-2/h13-14H,5-12H2;2*3-6H2,1-2H3,(H,8,9). The molecule has 0 unspecified atom stereocenters. The molecule has 0 radical (unpaired) electrons. The number of carbonyl (C=O) groups is 2. The first-order valence-corrected chi connectivity index (χ1v) is 12.5. The first kappa shape index (κ1) is 36.2. The van der Waals surface area contributed by atoms with Gasteiger partial charge in [0, 0.05) is 39.1 Å². The number of rotatable bonds is 14. The van der Waals surface area contributed by atoms with E-state index in [1.54, 1.807) is 13.8 Å². The molecule has 0 bridgehead atoms. The molecule has 0 heterocycles. The van der Waals surface area contributed by atoms with Gasteiger partial charge < -0.3 is 30.3 Å². The van der Waals surface area contributed by atoms with Crippen molar-refractivity contribution in [1.29, 1.82) is 0 Å². The van der Waals surface area contributed by atoms with Crippen molar-refractivity contribution in [2.45, 2.75) is 91.9 Å². The minimum absolute atomic E-state index is 0.245. The van der Waals surface area contributed by atoms with Crippen molar-refractivity contribution in [2.24, 2.45) is 0 Å². The molecule has 0 saturated heterocycles. The number of aliphatic hydroxyl groups is 2. The molecule has 0 fully saturated rings. The largest absolute Gasteiger partial charge is 0.450 e. The van der Waals surface area contributed by atoms with Crippen LogP contribution in [0.2, 0.25) is 0 Å². The van der Waals surface area contributed by atoms with Crippen LogP contribution in [-0.2, 0) is 9.47 Å². The van der Waals surface area contributed by atoms with E-state index in [0.29, 0.717) is 13.2 Å². The molecule has 2 amide bonds. The maximum atomic E-state index is 10.6. The van der Waals surface area contributed by atoms with Crippen molar-refractivity contribution in [3.63, 3.8) is 0 Å². The Morgan fingerprint density at radius 2 is 1.03 bits per heavy atom. The molecule has 0 atom stereocenters. The minimum Gasteiger partial charge on any atom is -0.450 e. The molecular formula is C26H48N2O6. The molecule has 34 heavy (non-hydrogen) atoms. The highest BCUT2D eigenvalue weighted by atomic mass is 16.6. The summed E-state index contributed by atoms with van der Waals surface area (Å²) in [6.07, 6.45) is 8.73. The van der Waals surface area contributed by atoms with Crippen LogP contribution >= 0.6 is 0 Å². The van der Waals surface area contributed by atoms with Crippen molar-refractivity contribution >= 4 is 12.2 Å². The van der Waals surface area contributed by atoms with Gasteiger partial charge in [0.15, 0.2) is 0 Å². The summed E-state index contributed by atoms with van der Waals surface area (Å²) in [6.45, 7) is 10.5. The molecule has 0 aliphatic heterocycles. The van der Waals surface area contributed by atoms with Crippen LogP contribution < -0.4 is 10.6 Å². The summed E-state index contributed by atoms with van der Waals surface area (Å²) in [5.74, 6) is 11.4. The molecule has 0 rings (SSSR count). The zero-order valence-corrected chi connectivity index (χ0v) is 21.8. The summed E-state index contributed by atoms with van der Waals surface area (Å²) < 4.78 is 9.28. The Hall–Kier alpha value is -2.42. The lowest BCUT2D eigenvalue weighted by atomic mass is 10.2. The highest BCUT2D eigenvalue weighted by Gasteiger charge is 1.96. The number of nitrogens with one attached hydrogen (secondary N) is 2. The number of hydrogen-bond donors (Lipinski definition) is 4. The minimum atomic E-state index is -0.309. The smallest absolute Gasteiger partial charge is 0.407 e. The SMILES string of the molecule is CCCCNC(=O)OCC.CCCCNC(=O)OCC.OCCCCC#CC#CCCCCO. The molecule has 0 aliphatic rings. The maximum absolute atomic E-state index is 10.6. The van der Waals surface area contributed by atoms with Crippen LogP contribution in [0.5, 0.6) is 0 Å². The number of alkyl carbamates (subject to hydrolysis) is 2. The van der Waals surface area contributed by atoms with E-state index in [9.17, 15) is 9.59 Å². The van der Waals surface area contributed by atoms with Gasteiger partial charge in [-0.15, -0.1) is 0 Å². The molecule has 0 aromatic heterocycles. The first-order chi connectivity index (χ1) is 16.5. The summed E-state index contributed by atoms with van der Waals surface area (Å²) >= 11 is 0. The summed E-state index contributed by atoms with van der Waals surface area (Å²) in [7, 11) is 0. The Kier molecular flexibility index (Phi) is 37.4. The topological polar surface area (TPSA) is 117 Å². The molecule has 0 spiro atoms. The fraction of sp³-hybridized carbons (Fsp3) is 0.769. The van der Waals surface area contributed by atoms with E-state index in [0.717, 1.165) is 77.3 Å². The van der Waals surface area contributed by atoms with Gasteiger partial charge in [-0.3, -0.25) is 0 Å². The zero-order chi connectivity index (χ0) is 26.1. The molecular weight excluding hydrogens is 436 g/mol. The summed E-state index contributed by atoms with van der Waals surface area (Å²) in [5.41, 5.74) is 0. The van der Waals surface area contributed by atoms with Crippen LogP contribution in [0.3, 0.4) is 0 Å². The van der Waals surface area contributed by atoms with Crippen molar-refractivity contribution in [2.75, 3.05) is 39.5 Å². The van der Waals surface area contributed by atoms with Crippen LogP contribution in [-0.4, -0.2) is 61.9 Å². The van der Waals surface area contributed by atoms with Gasteiger partial charge in [-0.2, -0.15) is 0 Å².